The van der Waals surface area contributed by atoms with Crippen molar-refractivity contribution in [1.29, 1.82) is 0 Å². The van der Waals surface area contributed by atoms with E-state index < -0.39 is 0 Å². The molecule has 11 heavy (non-hydrogen) atoms. The predicted octanol–water partition coefficient (Wildman–Crippen LogP) is 2.05. The molecule has 0 saturated carbocycles. The van der Waals surface area contributed by atoms with E-state index in [9.17, 15) is 0 Å². The second-order valence-electron chi connectivity index (χ2n) is 3.29. The minimum Gasteiger partial charge on any atom is -0.271 e. The van der Waals surface area contributed by atoms with Crippen LogP contribution in [0.15, 0.2) is 0 Å². The minimum atomic E-state index is 0.467. The van der Waals surface area contributed by atoms with Crippen molar-refractivity contribution in [3.05, 3.63) is 0 Å². The van der Waals surface area contributed by atoms with Gasteiger partial charge in [-0.25, -0.2) is 0 Å². The van der Waals surface area contributed by atoms with Crippen molar-refractivity contribution in [3.8, 4) is 0 Å². The zero-order valence-corrected chi connectivity index (χ0v) is 8.06. The maximum Gasteiger partial charge on any atom is 0.0210 e. The van der Waals surface area contributed by atoms with Crippen molar-refractivity contribution < 1.29 is 0 Å². The Hall–Kier alpha value is -0.0800. The van der Waals surface area contributed by atoms with Gasteiger partial charge in [0.25, 0.3) is 0 Å². The van der Waals surface area contributed by atoms with Gasteiger partial charge in [-0.05, 0) is 25.7 Å². The average molecular weight is 158 g/mol. The first-order valence-electron chi connectivity index (χ1n) is 4.72. The summed E-state index contributed by atoms with van der Waals surface area (Å²) in [7, 11) is 0. The van der Waals surface area contributed by atoms with E-state index in [2.05, 4.69) is 26.2 Å². The molecule has 68 valence electrons. The fourth-order valence-electron chi connectivity index (χ4n) is 1.52. The monoisotopic (exact) mass is 158 g/mol. The highest BCUT2D eigenvalue weighted by Crippen LogP contribution is 2.16. The van der Waals surface area contributed by atoms with Gasteiger partial charge < -0.3 is 0 Å². The first kappa shape index (κ1) is 10.9. The summed E-state index contributed by atoms with van der Waals surface area (Å²) in [4.78, 5) is 0. The van der Waals surface area contributed by atoms with Gasteiger partial charge in [-0.3, -0.25) is 11.3 Å². The Kier molecular flexibility index (Phi) is 6.57. The van der Waals surface area contributed by atoms with Crippen molar-refractivity contribution in [2.24, 2.45) is 11.8 Å². The lowest BCUT2D eigenvalue weighted by Crippen LogP contribution is -2.38. The van der Waals surface area contributed by atoms with Crippen LogP contribution in [-0.2, 0) is 0 Å². The fourth-order valence-corrected chi connectivity index (χ4v) is 1.52. The molecule has 0 aromatic carbocycles. The molecule has 0 bridgehead atoms. The van der Waals surface area contributed by atoms with Gasteiger partial charge in [-0.2, -0.15) is 0 Å². The van der Waals surface area contributed by atoms with Crippen LogP contribution in [0.25, 0.3) is 0 Å². The molecule has 0 aliphatic rings. The third-order valence-electron chi connectivity index (χ3n) is 2.29. The Morgan fingerprint density at radius 3 is 1.91 bits per heavy atom. The number of rotatable bonds is 6. The average Bonchev–Trinajstić information content (AvgIpc) is 2.03. The second kappa shape index (κ2) is 6.62. The summed E-state index contributed by atoms with van der Waals surface area (Å²) in [6.07, 6.45) is 5.10. The van der Waals surface area contributed by atoms with E-state index in [1.165, 1.54) is 25.7 Å². The van der Waals surface area contributed by atoms with Crippen LogP contribution in [0.4, 0.5) is 0 Å². The summed E-state index contributed by atoms with van der Waals surface area (Å²) in [6.45, 7) is 6.62. The van der Waals surface area contributed by atoms with E-state index in [0.29, 0.717) is 6.04 Å². The summed E-state index contributed by atoms with van der Waals surface area (Å²) >= 11 is 0. The molecule has 0 rings (SSSR count). The second-order valence-corrected chi connectivity index (χ2v) is 3.29. The lowest BCUT2D eigenvalue weighted by atomic mass is 9.92. The SMILES string of the molecule is CCCC(CCC)C(C)NN. The molecule has 3 N–H and O–H groups in total. The Labute approximate surface area is 70.5 Å². The Morgan fingerprint density at radius 2 is 1.64 bits per heavy atom. The van der Waals surface area contributed by atoms with Gasteiger partial charge in [0.1, 0.15) is 0 Å². The summed E-state index contributed by atoms with van der Waals surface area (Å²) in [5.41, 5.74) is 2.83. The van der Waals surface area contributed by atoms with Gasteiger partial charge in [0.2, 0.25) is 0 Å². The van der Waals surface area contributed by atoms with E-state index in [1.54, 1.807) is 0 Å². The quantitative estimate of drug-likeness (QED) is 0.458. The third-order valence-corrected chi connectivity index (χ3v) is 2.29. The van der Waals surface area contributed by atoms with Crippen molar-refractivity contribution in [1.82, 2.24) is 5.43 Å². The maximum atomic E-state index is 5.38. The first-order valence-corrected chi connectivity index (χ1v) is 4.72. The largest absolute Gasteiger partial charge is 0.271 e. The van der Waals surface area contributed by atoms with Crippen LogP contribution in [0.2, 0.25) is 0 Å². The molecule has 0 amide bonds. The van der Waals surface area contributed by atoms with Gasteiger partial charge in [-0.15, -0.1) is 0 Å². The molecule has 0 aromatic rings. The molecule has 2 heteroatoms. The molecule has 0 saturated heterocycles. The summed E-state index contributed by atoms with van der Waals surface area (Å²) in [5, 5.41) is 0. The highest BCUT2D eigenvalue weighted by Gasteiger charge is 2.13. The van der Waals surface area contributed by atoms with Crippen LogP contribution in [0.5, 0.6) is 0 Å². The molecule has 0 spiro atoms. The molecular formula is C9H22N2. The van der Waals surface area contributed by atoms with Crippen LogP contribution in [0, 0.1) is 5.92 Å². The lowest BCUT2D eigenvalue weighted by Gasteiger charge is -2.21. The number of nitrogens with two attached hydrogens (primary N) is 1. The van der Waals surface area contributed by atoms with Gasteiger partial charge in [0, 0.05) is 6.04 Å². The van der Waals surface area contributed by atoms with Crippen molar-refractivity contribution in [3.63, 3.8) is 0 Å². The van der Waals surface area contributed by atoms with E-state index in [4.69, 9.17) is 5.84 Å². The molecule has 0 radical (unpaired) electrons. The Balaban J connectivity index is 3.66. The van der Waals surface area contributed by atoms with Crippen molar-refractivity contribution in [2.45, 2.75) is 52.5 Å². The Morgan fingerprint density at radius 1 is 1.18 bits per heavy atom. The normalized spacial score (nSPS) is 13.9. The van der Waals surface area contributed by atoms with E-state index >= 15 is 0 Å². The fraction of sp³-hybridized carbons (Fsp3) is 1.00. The van der Waals surface area contributed by atoms with E-state index in [1.807, 2.05) is 0 Å². The number of hydrogen-bond donors (Lipinski definition) is 2. The molecule has 0 aromatic heterocycles. The van der Waals surface area contributed by atoms with E-state index in [0.717, 1.165) is 5.92 Å². The minimum absolute atomic E-state index is 0.467. The number of hydrogen-bond acceptors (Lipinski definition) is 2. The zero-order chi connectivity index (χ0) is 8.69. The van der Waals surface area contributed by atoms with Gasteiger partial charge in [0.15, 0.2) is 0 Å². The highest BCUT2D eigenvalue weighted by atomic mass is 15.2. The molecule has 0 fully saturated rings. The topological polar surface area (TPSA) is 38.0 Å². The summed E-state index contributed by atoms with van der Waals surface area (Å²) in [5.74, 6) is 6.14. The number of hydrazine groups is 1. The van der Waals surface area contributed by atoms with Gasteiger partial charge in [0.05, 0.1) is 0 Å². The summed E-state index contributed by atoms with van der Waals surface area (Å²) < 4.78 is 0. The van der Waals surface area contributed by atoms with Crippen LogP contribution >= 0.6 is 0 Å². The third kappa shape index (κ3) is 4.38. The Bertz CT molecular complexity index is 77.6. The highest BCUT2D eigenvalue weighted by molar-refractivity contribution is 4.68. The number of nitrogens with one attached hydrogen (secondary N) is 1. The maximum absolute atomic E-state index is 5.38. The molecule has 2 nitrogen and oxygen atoms in total. The van der Waals surface area contributed by atoms with E-state index in [-0.39, 0.29) is 0 Å². The zero-order valence-electron chi connectivity index (χ0n) is 8.06. The molecule has 0 heterocycles. The standard InChI is InChI=1S/C9H22N2/c1-4-6-9(7-5-2)8(3)11-10/h8-9,11H,4-7,10H2,1-3H3. The molecule has 1 unspecified atom stereocenters. The molecular weight excluding hydrogens is 136 g/mol. The van der Waals surface area contributed by atoms with Crippen LogP contribution in [0.3, 0.4) is 0 Å². The lowest BCUT2D eigenvalue weighted by molar-refractivity contribution is 0.332. The van der Waals surface area contributed by atoms with Crippen molar-refractivity contribution in [2.75, 3.05) is 0 Å². The predicted molar refractivity (Wildman–Crippen MR) is 50.1 cm³/mol. The van der Waals surface area contributed by atoms with Crippen LogP contribution in [-0.4, -0.2) is 6.04 Å². The van der Waals surface area contributed by atoms with Crippen molar-refractivity contribution >= 4 is 0 Å². The van der Waals surface area contributed by atoms with Crippen LogP contribution < -0.4 is 11.3 Å². The smallest absolute Gasteiger partial charge is 0.0210 e. The van der Waals surface area contributed by atoms with Crippen LogP contribution in [0.1, 0.15) is 46.5 Å². The van der Waals surface area contributed by atoms with Gasteiger partial charge >= 0.3 is 0 Å². The van der Waals surface area contributed by atoms with Gasteiger partial charge in [-0.1, -0.05) is 26.7 Å². The summed E-state index contributed by atoms with van der Waals surface area (Å²) in [6, 6.07) is 0.467. The molecule has 0 aliphatic heterocycles. The first-order chi connectivity index (χ1) is 5.26. The molecule has 1 atom stereocenters. The molecule has 0 aliphatic carbocycles.